The maximum Gasteiger partial charge on any atom is 0.147 e. The Bertz CT molecular complexity index is 579. The first-order valence-corrected chi connectivity index (χ1v) is 7.16. The summed E-state index contributed by atoms with van der Waals surface area (Å²) in [4.78, 5) is 11.2. The van der Waals surface area contributed by atoms with Crippen LogP contribution in [0.5, 0.6) is 0 Å². The van der Waals surface area contributed by atoms with E-state index in [1.54, 1.807) is 11.3 Å². The lowest BCUT2D eigenvalue weighted by molar-refractivity contribution is 0.509. The maximum absolute atomic E-state index is 6.03. The van der Waals surface area contributed by atoms with Gasteiger partial charge in [-0.2, -0.15) is 0 Å². The van der Waals surface area contributed by atoms with E-state index in [-0.39, 0.29) is 0 Å². The van der Waals surface area contributed by atoms with E-state index >= 15 is 0 Å². The van der Waals surface area contributed by atoms with Crippen LogP contribution in [0, 0.1) is 5.92 Å². The van der Waals surface area contributed by atoms with E-state index in [0.717, 1.165) is 29.0 Å². The second-order valence-corrected chi connectivity index (χ2v) is 6.04. The number of nitrogens with zero attached hydrogens (tertiary/aromatic N) is 2. The molecule has 1 aliphatic rings. The zero-order valence-electron chi connectivity index (χ0n) is 9.66. The summed E-state index contributed by atoms with van der Waals surface area (Å²) in [6.07, 6.45) is 3.48. The third kappa shape index (κ3) is 1.79. The molecular weight excluding hydrogens is 254 g/mol. The molecule has 2 heterocycles. The van der Waals surface area contributed by atoms with Crippen molar-refractivity contribution in [3.05, 3.63) is 16.3 Å². The third-order valence-corrected chi connectivity index (χ3v) is 4.74. The number of halogens is 1. The van der Waals surface area contributed by atoms with Crippen LogP contribution in [0.15, 0.2) is 0 Å². The summed E-state index contributed by atoms with van der Waals surface area (Å²) < 4.78 is 0. The zero-order valence-corrected chi connectivity index (χ0v) is 11.2. The van der Waals surface area contributed by atoms with Gasteiger partial charge in [-0.15, -0.1) is 22.9 Å². The Morgan fingerprint density at radius 3 is 3.06 bits per heavy atom. The van der Waals surface area contributed by atoms with Crippen LogP contribution in [-0.2, 0) is 18.7 Å². The number of alkyl halides is 1. The van der Waals surface area contributed by atoms with Gasteiger partial charge in [0.25, 0.3) is 0 Å². The zero-order chi connectivity index (χ0) is 12.0. The van der Waals surface area contributed by atoms with Gasteiger partial charge < -0.3 is 5.73 Å². The van der Waals surface area contributed by atoms with Crippen molar-refractivity contribution >= 4 is 39.0 Å². The highest BCUT2D eigenvalue weighted by atomic mass is 35.5. The molecule has 0 unspecified atom stereocenters. The van der Waals surface area contributed by atoms with Crippen molar-refractivity contribution in [2.45, 2.75) is 32.1 Å². The van der Waals surface area contributed by atoms with Gasteiger partial charge in [0.15, 0.2) is 0 Å². The minimum atomic E-state index is 0.319. The molecule has 0 radical (unpaired) electrons. The van der Waals surface area contributed by atoms with E-state index in [2.05, 4.69) is 16.9 Å². The number of thiophene rings is 1. The van der Waals surface area contributed by atoms with Crippen molar-refractivity contribution < 1.29 is 0 Å². The maximum atomic E-state index is 6.03. The smallest absolute Gasteiger partial charge is 0.147 e. The Kier molecular flexibility index (Phi) is 2.71. The topological polar surface area (TPSA) is 51.8 Å². The first-order chi connectivity index (χ1) is 8.19. The van der Waals surface area contributed by atoms with E-state index in [0.29, 0.717) is 17.5 Å². The summed E-state index contributed by atoms with van der Waals surface area (Å²) in [6.45, 7) is 2.30. The van der Waals surface area contributed by atoms with Crippen LogP contribution >= 0.6 is 22.9 Å². The van der Waals surface area contributed by atoms with E-state index in [4.69, 9.17) is 17.3 Å². The first kappa shape index (κ1) is 11.2. The Morgan fingerprint density at radius 1 is 1.47 bits per heavy atom. The molecule has 0 aliphatic heterocycles. The summed E-state index contributed by atoms with van der Waals surface area (Å²) in [7, 11) is 0. The van der Waals surface area contributed by atoms with Crippen molar-refractivity contribution in [3.63, 3.8) is 0 Å². The van der Waals surface area contributed by atoms with E-state index in [9.17, 15) is 0 Å². The molecule has 0 saturated heterocycles. The van der Waals surface area contributed by atoms with Crippen LogP contribution in [0.4, 0.5) is 5.82 Å². The number of rotatable bonds is 1. The minimum Gasteiger partial charge on any atom is -0.383 e. The quantitative estimate of drug-likeness (QED) is 0.808. The molecule has 2 aromatic rings. The van der Waals surface area contributed by atoms with E-state index < -0.39 is 0 Å². The van der Waals surface area contributed by atoms with Crippen LogP contribution in [0.2, 0.25) is 0 Å². The lowest BCUT2D eigenvalue weighted by Crippen LogP contribution is -2.09. The first-order valence-electron chi connectivity index (χ1n) is 5.81. The largest absolute Gasteiger partial charge is 0.383 e. The molecule has 0 amide bonds. The monoisotopic (exact) mass is 267 g/mol. The van der Waals surface area contributed by atoms with Crippen LogP contribution < -0.4 is 5.73 Å². The fourth-order valence-corrected chi connectivity index (χ4v) is 4.01. The Morgan fingerprint density at radius 2 is 2.29 bits per heavy atom. The van der Waals surface area contributed by atoms with Gasteiger partial charge in [0.05, 0.1) is 11.3 Å². The lowest BCUT2D eigenvalue weighted by Gasteiger charge is -2.17. The molecule has 2 N–H and O–H groups in total. The number of aryl methyl sites for hydroxylation is 1. The average Bonchev–Trinajstić information content (AvgIpc) is 2.66. The van der Waals surface area contributed by atoms with Crippen LogP contribution in [0.25, 0.3) is 10.2 Å². The summed E-state index contributed by atoms with van der Waals surface area (Å²) in [5.41, 5.74) is 7.41. The van der Waals surface area contributed by atoms with Gasteiger partial charge in [-0.25, -0.2) is 9.97 Å². The SMILES string of the molecule is C[C@H]1CCc2c(sc3nc(CCl)nc(N)c23)C1. The molecule has 0 spiro atoms. The fraction of sp³-hybridized carbons (Fsp3) is 0.500. The highest BCUT2D eigenvalue weighted by Crippen LogP contribution is 2.39. The molecule has 0 fully saturated rings. The van der Waals surface area contributed by atoms with Gasteiger partial charge in [0.2, 0.25) is 0 Å². The Hall–Kier alpha value is -0.870. The Labute approximate surface area is 109 Å². The summed E-state index contributed by atoms with van der Waals surface area (Å²) in [5.74, 6) is 2.30. The highest BCUT2D eigenvalue weighted by molar-refractivity contribution is 7.19. The van der Waals surface area contributed by atoms with Crippen LogP contribution in [-0.4, -0.2) is 9.97 Å². The molecule has 0 bridgehead atoms. The summed E-state index contributed by atoms with van der Waals surface area (Å²) >= 11 is 7.53. The second-order valence-electron chi connectivity index (χ2n) is 4.69. The third-order valence-electron chi connectivity index (χ3n) is 3.35. The number of anilines is 1. The molecule has 1 atom stereocenters. The lowest BCUT2D eigenvalue weighted by atomic mass is 9.89. The highest BCUT2D eigenvalue weighted by Gasteiger charge is 2.22. The molecule has 2 aromatic heterocycles. The number of hydrogen-bond acceptors (Lipinski definition) is 4. The van der Waals surface area contributed by atoms with Crippen LogP contribution in [0.3, 0.4) is 0 Å². The van der Waals surface area contributed by atoms with Crippen LogP contribution in [0.1, 0.15) is 29.6 Å². The van der Waals surface area contributed by atoms with Crippen molar-refractivity contribution in [1.29, 1.82) is 0 Å². The molecule has 0 aromatic carbocycles. The number of nitrogen functional groups attached to an aromatic ring is 1. The van der Waals surface area contributed by atoms with Crippen molar-refractivity contribution in [2.75, 3.05) is 5.73 Å². The molecule has 3 nitrogen and oxygen atoms in total. The summed E-state index contributed by atoms with van der Waals surface area (Å²) in [6, 6.07) is 0. The fourth-order valence-electron chi connectivity index (χ4n) is 2.48. The second kappa shape index (κ2) is 4.10. The molecule has 90 valence electrons. The Balaban J connectivity index is 2.24. The van der Waals surface area contributed by atoms with Gasteiger partial charge in [0, 0.05) is 4.88 Å². The van der Waals surface area contributed by atoms with Gasteiger partial charge in [-0.05, 0) is 30.7 Å². The van der Waals surface area contributed by atoms with Crippen molar-refractivity contribution in [3.8, 4) is 0 Å². The van der Waals surface area contributed by atoms with Gasteiger partial charge in [-0.3, -0.25) is 0 Å². The minimum absolute atomic E-state index is 0.319. The van der Waals surface area contributed by atoms with Gasteiger partial charge in [0.1, 0.15) is 16.5 Å². The predicted octanol–water partition coefficient (Wildman–Crippen LogP) is 3.14. The molecular formula is C12H14ClN3S. The molecule has 17 heavy (non-hydrogen) atoms. The number of aromatic nitrogens is 2. The van der Waals surface area contributed by atoms with Gasteiger partial charge >= 0.3 is 0 Å². The molecule has 3 rings (SSSR count). The molecule has 0 saturated carbocycles. The summed E-state index contributed by atoms with van der Waals surface area (Å²) in [5, 5.41) is 1.07. The van der Waals surface area contributed by atoms with Crippen molar-refractivity contribution in [2.24, 2.45) is 5.92 Å². The van der Waals surface area contributed by atoms with Gasteiger partial charge in [-0.1, -0.05) is 6.92 Å². The molecule has 1 aliphatic carbocycles. The standard InChI is InChI=1S/C12H14ClN3S/c1-6-2-3-7-8(4-6)17-12-10(7)11(14)15-9(5-13)16-12/h6H,2-5H2,1H3,(H2,14,15,16)/t6-/m0/s1. The average molecular weight is 268 g/mol. The molecule has 5 heteroatoms. The predicted molar refractivity (Wildman–Crippen MR) is 72.6 cm³/mol. The normalized spacial score (nSPS) is 19.5. The number of nitrogens with two attached hydrogens (primary N) is 1. The van der Waals surface area contributed by atoms with E-state index in [1.807, 2.05) is 0 Å². The number of fused-ring (bicyclic) bond motifs is 3. The van der Waals surface area contributed by atoms with E-state index in [1.165, 1.54) is 16.9 Å². The van der Waals surface area contributed by atoms with Crippen molar-refractivity contribution in [1.82, 2.24) is 9.97 Å². The number of hydrogen-bond donors (Lipinski definition) is 1.